The molecule has 1 atom stereocenters. The van der Waals surface area contributed by atoms with Crippen molar-refractivity contribution < 1.29 is 14.2 Å². The second-order valence-electron chi connectivity index (χ2n) is 6.66. The number of nitrogens with zero attached hydrogens (tertiary/aromatic N) is 2. The first-order chi connectivity index (χ1) is 11.2. The molecule has 1 aromatic carbocycles. The first-order valence-electron chi connectivity index (χ1n) is 8.73. The Balaban J connectivity index is 1.37. The summed E-state index contributed by atoms with van der Waals surface area (Å²) in [5, 5.41) is 10.2. The number of ether oxygens (including phenoxy) is 1. The van der Waals surface area contributed by atoms with Crippen LogP contribution in [0.1, 0.15) is 25.7 Å². The van der Waals surface area contributed by atoms with E-state index in [-0.39, 0.29) is 5.82 Å². The minimum atomic E-state index is -0.409. The van der Waals surface area contributed by atoms with Gasteiger partial charge in [-0.15, -0.1) is 0 Å². The number of aliphatic hydroxyl groups excluding tert-OH is 1. The molecule has 1 aliphatic heterocycles. The van der Waals surface area contributed by atoms with Crippen LogP contribution in [-0.2, 0) is 4.74 Å². The number of aliphatic hydroxyl groups is 1. The summed E-state index contributed by atoms with van der Waals surface area (Å²) < 4.78 is 18.8. The largest absolute Gasteiger partial charge is 0.389 e. The van der Waals surface area contributed by atoms with Gasteiger partial charge >= 0.3 is 0 Å². The Morgan fingerprint density at radius 3 is 2.39 bits per heavy atom. The molecule has 4 nitrogen and oxygen atoms in total. The summed E-state index contributed by atoms with van der Waals surface area (Å²) in [4.78, 5) is 4.54. The smallest absolute Gasteiger partial charge is 0.123 e. The van der Waals surface area contributed by atoms with Crippen LogP contribution < -0.4 is 4.90 Å². The van der Waals surface area contributed by atoms with E-state index in [0.29, 0.717) is 19.3 Å². The van der Waals surface area contributed by atoms with Crippen molar-refractivity contribution in [1.29, 1.82) is 0 Å². The second-order valence-corrected chi connectivity index (χ2v) is 6.66. The molecule has 1 saturated heterocycles. The summed E-state index contributed by atoms with van der Waals surface area (Å²) in [6.45, 7) is 4.76. The maximum absolute atomic E-state index is 13.0. The van der Waals surface area contributed by atoms with Crippen LogP contribution in [0.15, 0.2) is 24.3 Å². The van der Waals surface area contributed by atoms with E-state index in [0.717, 1.165) is 44.7 Å². The summed E-state index contributed by atoms with van der Waals surface area (Å²) >= 11 is 0. The SMILES string of the molecule is O[C@@H](COC1CCCC1)CN1CCN(c2ccc(F)cc2)CC1. The summed E-state index contributed by atoms with van der Waals surface area (Å²) in [7, 11) is 0. The molecule has 0 bridgehead atoms. The number of anilines is 1. The number of hydrogen-bond acceptors (Lipinski definition) is 4. The lowest BCUT2D eigenvalue weighted by Gasteiger charge is -2.37. The minimum Gasteiger partial charge on any atom is -0.389 e. The van der Waals surface area contributed by atoms with Gasteiger partial charge in [0, 0.05) is 38.4 Å². The van der Waals surface area contributed by atoms with E-state index >= 15 is 0 Å². The number of hydrogen-bond donors (Lipinski definition) is 1. The fourth-order valence-corrected chi connectivity index (χ4v) is 3.49. The zero-order valence-corrected chi connectivity index (χ0v) is 13.7. The van der Waals surface area contributed by atoms with E-state index in [1.165, 1.54) is 25.0 Å². The maximum atomic E-state index is 13.0. The van der Waals surface area contributed by atoms with E-state index in [1.807, 2.05) is 12.1 Å². The zero-order chi connectivity index (χ0) is 16.1. The average molecular weight is 322 g/mol. The molecule has 2 aliphatic rings. The molecule has 5 heteroatoms. The quantitative estimate of drug-likeness (QED) is 0.871. The molecule has 1 N–H and O–H groups in total. The number of halogens is 1. The van der Waals surface area contributed by atoms with Crippen molar-refractivity contribution in [2.45, 2.75) is 37.9 Å². The molecule has 0 amide bonds. The maximum Gasteiger partial charge on any atom is 0.123 e. The first kappa shape index (κ1) is 16.7. The molecule has 1 heterocycles. The monoisotopic (exact) mass is 322 g/mol. The van der Waals surface area contributed by atoms with E-state index in [4.69, 9.17) is 4.74 Å². The lowest BCUT2D eigenvalue weighted by molar-refractivity contribution is -0.0188. The highest BCUT2D eigenvalue weighted by molar-refractivity contribution is 5.46. The zero-order valence-electron chi connectivity index (χ0n) is 13.7. The summed E-state index contributed by atoms with van der Waals surface area (Å²) in [5.74, 6) is -0.197. The van der Waals surface area contributed by atoms with Crippen molar-refractivity contribution in [3.05, 3.63) is 30.1 Å². The number of rotatable bonds is 6. The van der Waals surface area contributed by atoms with Gasteiger partial charge in [0.05, 0.1) is 18.8 Å². The van der Waals surface area contributed by atoms with E-state index in [9.17, 15) is 9.50 Å². The predicted molar refractivity (Wildman–Crippen MR) is 89.3 cm³/mol. The third-order valence-electron chi connectivity index (χ3n) is 4.86. The van der Waals surface area contributed by atoms with Crippen molar-refractivity contribution in [3.63, 3.8) is 0 Å². The lowest BCUT2D eigenvalue weighted by Crippen LogP contribution is -2.49. The van der Waals surface area contributed by atoms with Crippen LogP contribution in [0.25, 0.3) is 0 Å². The third kappa shape index (κ3) is 4.90. The highest BCUT2D eigenvalue weighted by Gasteiger charge is 2.21. The highest BCUT2D eigenvalue weighted by Crippen LogP contribution is 2.21. The molecule has 0 unspecified atom stereocenters. The van der Waals surface area contributed by atoms with Crippen LogP contribution in [0, 0.1) is 5.82 Å². The van der Waals surface area contributed by atoms with Crippen LogP contribution in [0.4, 0.5) is 10.1 Å². The van der Waals surface area contributed by atoms with Gasteiger partial charge in [-0.1, -0.05) is 12.8 Å². The third-order valence-corrected chi connectivity index (χ3v) is 4.86. The predicted octanol–water partition coefficient (Wildman–Crippen LogP) is 2.27. The van der Waals surface area contributed by atoms with Gasteiger partial charge in [-0.25, -0.2) is 4.39 Å². The number of piperazine rings is 1. The van der Waals surface area contributed by atoms with Gasteiger partial charge in [0.15, 0.2) is 0 Å². The Bertz CT molecular complexity index is 468. The van der Waals surface area contributed by atoms with Crippen LogP contribution in [0.3, 0.4) is 0 Å². The van der Waals surface area contributed by atoms with Crippen LogP contribution >= 0.6 is 0 Å². The molecule has 23 heavy (non-hydrogen) atoms. The fourth-order valence-electron chi connectivity index (χ4n) is 3.49. The molecular weight excluding hydrogens is 295 g/mol. The van der Waals surface area contributed by atoms with Gasteiger partial charge < -0.3 is 14.7 Å². The molecule has 0 spiro atoms. The van der Waals surface area contributed by atoms with E-state index in [2.05, 4.69) is 9.80 Å². The highest BCUT2D eigenvalue weighted by atomic mass is 19.1. The van der Waals surface area contributed by atoms with Crippen molar-refractivity contribution in [2.75, 3.05) is 44.2 Å². The van der Waals surface area contributed by atoms with Gasteiger partial charge in [0.25, 0.3) is 0 Å². The molecule has 0 aromatic heterocycles. The Morgan fingerprint density at radius 2 is 1.74 bits per heavy atom. The molecule has 2 fully saturated rings. The average Bonchev–Trinajstić information content (AvgIpc) is 3.08. The molecular formula is C18H27FN2O2. The normalized spacial score (nSPS) is 21.7. The molecule has 1 aliphatic carbocycles. The standard InChI is InChI=1S/C18H27FN2O2/c19-15-5-7-16(8-6-15)21-11-9-20(10-12-21)13-17(22)14-23-18-3-1-2-4-18/h5-8,17-18,22H,1-4,9-14H2/t17-/m1/s1. The summed E-state index contributed by atoms with van der Waals surface area (Å²) in [5.41, 5.74) is 1.07. The number of β-amino-alcohol motifs (C(OH)–C–C–N with tert-alkyl or cyclic N) is 1. The van der Waals surface area contributed by atoms with Gasteiger partial charge in [-0.05, 0) is 37.1 Å². The molecule has 3 rings (SSSR count). The Kier molecular flexibility index (Phi) is 5.86. The molecule has 0 radical (unpaired) electrons. The second kappa shape index (κ2) is 8.08. The topological polar surface area (TPSA) is 35.9 Å². The van der Waals surface area contributed by atoms with Gasteiger partial charge in [-0.2, -0.15) is 0 Å². The van der Waals surface area contributed by atoms with Gasteiger partial charge in [0.2, 0.25) is 0 Å². The first-order valence-corrected chi connectivity index (χ1v) is 8.73. The van der Waals surface area contributed by atoms with Crippen molar-refractivity contribution >= 4 is 5.69 Å². The van der Waals surface area contributed by atoms with Crippen LogP contribution in [0.2, 0.25) is 0 Å². The van der Waals surface area contributed by atoms with Gasteiger partial charge in [0.1, 0.15) is 5.82 Å². The Morgan fingerprint density at radius 1 is 1.09 bits per heavy atom. The lowest BCUT2D eigenvalue weighted by atomic mass is 10.2. The summed E-state index contributed by atoms with van der Waals surface area (Å²) in [6.07, 6.45) is 4.75. The van der Waals surface area contributed by atoms with E-state index in [1.54, 1.807) is 0 Å². The van der Waals surface area contributed by atoms with Crippen molar-refractivity contribution in [3.8, 4) is 0 Å². The van der Waals surface area contributed by atoms with Crippen LogP contribution in [0.5, 0.6) is 0 Å². The molecule has 1 saturated carbocycles. The van der Waals surface area contributed by atoms with E-state index < -0.39 is 6.10 Å². The Labute approximate surface area is 137 Å². The molecule has 128 valence electrons. The number of benzene rings is 1. The summed E-state index contributed by atoms with van der Waals surface area (Å²) in [6, 6.07) is 6.67. The van der Waals surface area contributed by atoms with Crippen LogP contribution in [-0.4, -0.2) is 61.5 Å². The van der Waals surface area contributed by atoms with Gasteiger partial charge in [-0.3, -0.25) is 4.90 Å². The van der Waals surface area contributed by atoms with Crippen molar-refractivity contribution in [2.24, 2.45) is 0 Å². The minimum absolute atomic E-state index is 0.197. The molecule has 1 aromatic rings. The Hall–Kier alpha value is -1.17. The van der Waals surface area contributed by atoms with Crippen molar-refractivity contribution in [1.82, 2.24) is 4.90 Å². The fraction of sp³-hybridized carbons (Fsp3) is 0.667.